The molecule has 0 spiro atoms. The molecule has 0 atom stereocenters. The molecule has 0 aliphatic heterocycles. The second kappa shape index (κ2) is 5.12. The Hall–Kier alpha value is -1.35. The maximum Gasteiger partial charge on any atom is 0.183 e. The predicted octanol–water partition coefficient (Wildman–Crippen LogP) is 3.94. The van der Waals surface area contributed by atoms with Crippen LogP contribution >= 0.6 is 11.3 Å². The zero-order valence-electron chi connectivity index (χ0n) is 9.66. The summed E-state index contributed by atoms with van der Waals surface area (Å²) < 4.78 is 0. The number of hydrogen-bond donors (Lipinski definition) is 1. The molecular formula is C13H16N2S. The number of nitrogens with one attached hydrogen (secondary N) is 1. The van der Waals surface area contributed by atoms with Crippen molar-refractivity contribution in [1.29, 1.82) is 0 Å². The lowest BCUT2D eigenvalue weighted by Crippen LogP contribution is -1.97. The number of rotatable bonds is 4. The highest BCUT2D eigenvalue weighted by atomic mass is 32.1. The Labute approximate surface area is 100 Å². The fourth-order valence-corrected chi connectivity index (χ4v) is 2.36. The van der Waals surface area contributed by atoms with Crippen LogP contribution in [0.15, 0.2) is 30.5 Å². The zero-order chi connectivity index (χ0) is 11.4. The molecule has 84 valence electrons. The number of anilines is 1. The van der Waals surface area contributed by atoms with Gasteiger partial charge in [-0.15, -0.1) is 0 Å². The van der Waals surface area contributed by atoms with Crippen molar-refractivity contribution in [3.05, 3.63) is 36.0 Å². The first-order valence-electron chi connectivity index (χ1n) is 5.56. The van der Waals surface area contributed by atoms with E-state index in [1.807, 2.05) is 6.20 Å². The smallest absolute Gasteiger partial charge is 0.183 e. The molecule has 2 aromatic rings. The van der Waals surface area contributed by atoms with Gasteiger partial charge in [0, 0.05) is 12.7 Å². The first-order chi connectivity index (χ1) is 7.79. The van der Waals surface area contributed by atoms with Crippen LogP contribution in [0, 0.1) is 6.92 Å². The molecule has 0 saturated carbocycles. The molecule has 0 aliphatic carbocycles. The van der Waals surface area contributed by atoms with E-state index < -0.39 is 0 Å². The molecule has 3 heteroatoms. The Morgan fingerprint density at radius 2 is 2.25 bits per heavy atom. The minimum atomic E-state index is 0.987. The molecule has 0 amide bonds. The molecule has 1 aromatic carbocycles. The quantitative estimate of drug-likeness (QED) is 0.863. The van der Waals surface area contributed by atoms with Gasteiger partial charge in [-0.1, -0.05) is 48.1 Å². The zero-order valence-corrected chi connectivity index (χ0v) is 10.5. The van der Waals surface area contributed by atoms with Gasteiger partial charge in [-0.25, -0.2) is 4.98 Å². The third kappa shape index (κ3) is 2.61. The fraction of sp³-hybridized carbons (Fsp3) is 0.308. The van der Waals surface area contributed by atoms with Crippen molar-refractivity contribution < 1.29 is 0 Å². The van der Waals surface area contributed by atoms with Crippen molar-refractivity contribution in [3.8, 4) is 10.4 Å². The molecule has 2 rings (SSSR count). The van der Waals surface area contributed by atoms with Gasteiger partial charge in [0.05, 0.1) is 4.88 Å². The number of benzene rings is 1. The van der Waals surface area contributed by atoms with E-state index in [0.717, 1.165) is 18.1 Å². The largest absolute Gasteiger partial charge is 0.362 e. The van der Waals surface area contributed by atoms with Crippen LogP contribution in [0.3, 0.4) is 0 Å². The third-order valence-electron chi connectivity index (χ3n) is 2.33. The van der Waals surface area contributed by atoms with Crippen LogP contribution in [0.5, 0.6) is 0 Å². The van der Waals surface area contributed by atoms with Gasteiger partial charge in [0.25, 0.3) is 0 Å². The first-order valence-corrected chi connectivity index (χ1v) is 6.38. The minimum Gasteiger partial charge on any atom is -0.362 e. The summed E-state index contributed by atoms with van der Waals surface area (Å²) in [6.07, 6.45) is 3.07. The molecule has 0 radical (unpaired) electrons. The van der Waals surface area contributed by atoms with Crippen molar-refractivity contribution >= 4 is 16.5 Å². The van der Waals surface area contributed by atoms with Crippen LogP contribution < -0.4 is 5.32 Å². The lowest BCUT2D eigenvalue weighted by Gasteiger charge is -1.98. The van der Waals surface area contributed by atoms with E-state index in [1.165, 1.54) is 16.0 Å². The summed E-state index contributed by atoms with van der Waals surface area (Å²) in [5.74, 6) is 0. The van der Waals surface area contributed by atoms with E-state index in [2.05, 4.69) is 48.4 Å². The Kier molecular flexibility index (Phi) is 3.57. The molecule has 1 heterocycles. The number of nitrogens with zero attached hydrogens (tertiary/aromatic N) is 1. The van der Waals surface area contributed by atoms with Crippen LogP contribution in [0.4, 0.5) is 5.13 Å². The van der Waals surface area contributed by atoms with E-state index in [0.29, 0.717) is 0 Å². The molecule has 0 aliphatic rings. The van der Waals surface area contributed by atoms with Gasteiger partial charge in [-0.3, -0.25) is 0 Å². The van der Waals surface area contributed by atoms with Crippen LogP contribution in [0.25, 0.3) is 10.4 Å². The van der Waals surface area contributed by atoms with Crippen molar-refractivity contribution in [3.63, 3.8) is 0 Å². The Bertz CT molecular complexity index is 462. The lowest BCUT2D eigenvalue weighted by molar-refractivity contribution is 0.976. The molecule has 0 unspecified atom stereocenters. The maximum atomic E-state index is 4.37. The van der Waals surface area contributed by atoms with Crippen LogP contribution in [0.2, 0.25) is 0 Å². The summed E-state index contributed by atoms with van der Waals surface area (Å²) in [5.41, 5.74) is 2.54. The van der Waals surface area contributed by atoms with Gasteiger partial charge < -0.3 is 5.32 Å². The average Bonchev–Trinajstić information content (AvgIpc) is 2.75. The Morgan fingerprint density at radius 3 is 3.00 bits per heavy atom. The van der Waals surface area contributed by atoms with Gasteiger partial charge in [0.1, 0.15) is 0 Å². The number of hydrogen-bond acceptors (Lipinski definition) is 3. The second-order valence-corrected chi connectivity index (χ2v) is 4.86. The molecule has 1 N–H and O–H groups in total. The van der Waals surface area contributed by atoms with Crippen molar-refractivity contribution in [2.45, 2.75) is 20.3 Å². The summed E-state index contributed by atoms with van der Waals surface area (Å²) in [5, 5.41) is 4.32. The van der Waals surface area contributed by atoms with Crippen molar-refractivity contribution in [2.24, 2.45) is 0 Å². The number of aryl methyl sites for hydroxylation is 1. The van der Waals surface area contributed by atoms with Gasteiger partial charge in [-0.05, 0) is 18.9 Å². The second-order valence-electron chi connectivity index (χ2n) is 3.83. The van der Waals surface area contributed by atoms with Crippen molar-refractivity contribution in [1.82, 2.24) is 4.98 Å². The maximum absolute atomic E-state index is 4.37. The van der Waals surface area contributed by atoms with E-state index in [-0.39, 0.29) is 0 Å². The Morgan fingerprint density at radius 1 is 1.38 bits per heavy atom. The molecule has 0 bridgehead atoms. The highest BCUT2D eigenvalue weighted by molar-refractivity contribution is 7.18. The van der Waals surface area contributed by atoms with Crippen LogP contribution in [-0.4, -0.2) is 11.5 Å². The fourth-order valence-electron chi connectivity index (χ4n) is 1.52. The van der Waals surface area contributed by atoms with Gasteiger partial charge in [-0.2, -0.15) is 0 Å². The first kappa shape index (κ1) is 11.1. The predicted molar refractivity (Wildman–Crippen MR) is 71.1 cm³/mol. The summed E-state index contributed by atoms with van der Waals surface area (Å²) in [4.78, 5) is 5.59. The molecule has 16 heavy (non-hydrogen) atoms. The summed E-state index contributed by atoms with van der Waals surface area (Å²) in [6.45, 7) is 5.25. The summed E-state index contributed by atoms with van der Waals surface area (Å²) >= 11 is 1.71. The van der Waals surface area contributed by atoms with Gasteiger partial charge >= 0.3 is 0 Å². The summed E-state index contributed by atoms with van der Waals surface area (Å²) in [6, 6.07) is 8.52. The standard InChI is InChI=1S/C13H16N2S/c1-3-7-14-13-15-9-12(16-13)11-6-4-5-10(2)8-11/h4-6,8-9H,3,7H2,1-2H3,(H,14,15). The van der Waals surface area contributed by atoms with Crippen LogP contribution in [0.1, 0.15) is 18.9 Å². The van der Waals surface area contributed by atoms with E-state index in [4.69, 9.17) is 0 Å². The number of aromatic nitrogens is 1. The molecule has 0 saturated heterocycles. The summed E-state index contributed by atoms with van der Waals surface area (Å²) in [7, 11) is 0. The highest BCUT2D eigenvalue weighted by Crippen LogP contribution is 2.29. The van der Waals surface area contributed by atoms with Gasteiger partial charge in [0.2, 0.25) is 0 Å². The normalized spacial score (nSPS) is 10.4. The highest BCUT2D eigenvalue weighted by Gasteiger charge is 2.03. The minimum absolute atomic E-state index is 0.987. The lowest BCUT2D eigenvalue weighted by atomic mass is 10.1. The molecule has 0 fully saturated rings. The molecule has 2 nitrogen and oxygen atoms in total. The SMILES string of the molecule is CCCNc1ncc(-c2cccc(C)c2)s1. The van der Waals surface area contributed by atoms with Gasteiger partial charge in [0.15, 0.2) is 5.13 Å². The van der Waals surface area contributed by atoms with Crippen molar-refractivity contribution in [2.75, 3.05) is 11.9 Å². The Balaban J connectivity index is 2.18. The molecule has 1 aromatic heterocycles. The van der Waals surface area contributed by atoms with E-state index in [1.54, 1.807) is 11.3 Å². The molecular weight excluding hydrogens is 216 g/mol. The monoisotopic (exact) mass is 232 g/mol. The van der Waals surface area contributed by atoms with Crippen LogP contribution in [-0.2, 0) is 0 Å². The topological polar surface area (TPSA) is 24.9 Å². The number of thiazole rings is 1. The van der Waals surface area contributed by atoms with E-state index in [9.17, 15) is 0 Å². The average molecular weight is 232 g/mol. The van der Waals surface area contributed by atoms with E-state index >= 15 is 0 Å². The third-order valence-corrected chi connectivity index (χ3v) is 3.34.